The third-order valence-electron chi connectivity index (χ3n) is 6.47. The molecule has 2 bridgehead atoms. The monoisotopic (exact) mass is 399 g/mol. The molecule has 1 aromatic heterocycles. The van der Waals surface area contributed by atoms with E-state index in [9.17, 15) is 14.9 Å². The molecule has 2 aliphatic rings. The van der Waals surface area contributed by atoms with E-state index in [1.807, 2.05) is 0 Å². The van der Waals surface area contributed by atoms with Crippen LogP contribution < -0.4 is 5.32 Å². The first-order valence-electron chi connectivity index (χ1n) is 9.14. The summed E-state index contributed by atoms with van der Waals surface area (Å²) in [6.45, 7) is 6.81. The molecule has 0 aliphatic heterocycles. The van der Waals surface area contributed by atoms with Gasteiger partial charge in [0.25, 0.3) is 5.69 Å². The molecule has 0 saturated heterocycles. The van der Waals surface area contributed by atoms with E-state index in [1.54, 1.807) is 0 Å². The molecule has 2 aromatic rings. The second kappa shape index (κ2) is 6.51. The van der Waals surface area contributed by atoms with Crippen molar-refractivity contribution in [2.24, 2.45) is 5.41 Å². The number of hydrogen-bond acceptors (Lipinski definition) is 7. The third-order valence-corrected chi connectivity index (χ3v) is 7.30. The Kier molecular flexibility index (Phi) is 4.37. The Labute approximate surface area is 166 Å². The number of thioether (sulfide) groups is 1. The van der Waals surface area contributed by atoms with Crippen LogP contribution in [0.1, 0.15) is 50.9 Å². The summed E-state index contributed by atoms with van der Waals surface area (Å²) in [6, 6.07) is 5.73. The van der Waals surface area contributed by atoms with E-state index in [0.717, 1.165) is 24.2 Å². The molecule has 0 radical (unpaired) electrons. The van der Waals surface area contributed by atoms with E-state index < -0.39 is 4.92 Å². The van der Waals surface area contributed by atoms with Gasteiger partial charge in [-0.25, -0.2) is 4.98 Å². The number of nitro groups is 1. The second-order valence-corrected chi connectivity index (χ2v) is 9.06. The lowest BCUT2D eigenvalue weighted by Gasteiger charge is -2.33. The molecule has 2 unspecified atom stereocenters. The molecule has 1 N–H and O–H groups in total. The maximum Gasteiger partial charge on any atom is 0.269 e. The van der Waals surface area contributed by atoms with Crippen molar-refractivity contribution in [3.8, 4) is 0 Å². The predicted octanol–water partition coefficient (Wildman–Crippen LogP) is 3.69. The highest BCUT2D eigenvalue weighted by atomic mass is 32.2. The molecule has 146 valence electrons. The maximum atomic E-state index is 12.2. The highest BCUT2D eigenvalue weighted by Crippen LogP contribution is 2.66. The van der Waals surface area contributed by atoms with Crippen molar-refractivity contribution in [1.82, 2.24) is 15.2 Å². The van der Waals surface area contributed by atoms with E-state index in [0.29, 0.717) is 16.8 Å². The van der Waals surface area contributed by atoms with Crippen LogP contribution in [0.3, 0.4) is 0 Å². The van der Waals surface area contributed by atoms with E-state index in [-0.39, 0.29) is 28.2 Å². The normalized spacial score (nSPS) is 24.0. The molecule has 1 heterocycles. The summed E-state index contributed by atoms with van der Waals surface area (Å²) in [7, 11) is 0. The fourth-order valence-electron chi connectivity index (χ4n) is 4.42. The van der Waals surface area contributed by atoms with Crippen molar-refractivity contribution in [2.75, 3.05) is 11.1 Å². The van der Waals surface area contributed by atoms with E-state index in [4.69, 9.17) is 4.98 Å². The first-order chi connectivity index (χ1) is 13.2. The van der Waals surface area contributed by atoms with Gasteiger partial charge >= 0.3 is 0 Å². The summed E-state index contributed by atoms with van der Waals surface area (Å²) in [5.41, 5.74) is 2.65. The highest BCUT2D eigenvalue weighted by Gasteiger charge is 2.61. The van der Waals surface area contributed by atoms with Gasteiger partial charge in [0.15, 0.2) is 0 Å². The summed E-state index contributed by atoms with van der Waals surface area (Å²) < 4.78 is 0. The molecular formula is C19H21N5O3S. The molecule has 1 fully saturated rings. The van der Waals surface area contributed by atoms with Gasteiger partial charge in [0.1, 0.15) is 0 Å². The largest absolute Gasteiger partial charge is 0.325 e. The minimum Gasteiger partial charge on any atom is -0.325 e. The number of fused-ring (bicyclic) bond motifs is 5. The molecule has 4 rings (SSSR count). The van der Waals surface area contributed by atoms with Gasteiger partial charge in [-0.3, -0.25) is 14.9 Å². The van der Waals surface area contributed by atoms with Crippen LogP contribution in [0.5, 0.6) is 0 Å². The zero-order valence-electron chi connectivity index (χ0n) is 15.9. The van der Waals surface area contributed by atoms with Gasteiger partial charge in [-0.05, 0) is 30.4 Å². The van der Waals surface area contributed by atoms with Crippen LogP contribution >= 0.6 is 11.8 Å². The van der Waals surface area contributed by atoms with Gasteiger partial charge < -0.3 is 5.32 Å². The number of carbonyl (C=O) groups excluding carboxylic acids is 1. The lowest BCUT2D eigenvalue weighted by atomic mass is 9.70. The van der Waals surface area contributed by atoms with Crippen LogP contribution in [0.2, 0.25) is 0 Å². The quantitative estimate of drug-likeness (QED) is 0.464. The maximum absolute atomic E-state index is 12.2. The number of nitrogens with zero attached hydrogens (tertiary/aromatic N) is 4. The van der Waals surface area contributed by atoms with E-state index >= 15 is 0 Å². The zero-order chi connectivity index (χ0) is 20.1. The van der Waals surface area contributed by atoms with Crippen LogP contribution in [0.4, 0.5) is 11.4 Å². The second-order valence-electron chi connectivity index (χ2n) is 8.11. The fraction of sp³-hybridized carbons (Fsp3) is 0.474. The Bertz CT molecular complexity index is 963. The van der Waals surface area contributed by atoms with Gasteiger partial charge in [0.2, 0.25) is 11.1 Å². The summed E-state index contributed by atoms with van der Waals surface area (Å²) >= 11 is 1.24. The molecule has 9 heteroatoms. The van der Waals surface area contributed by atoms with Gasteiger partial charge in [-0.15, -0.1) is 5.10 Å². The van der Waals surface area contributed by atoms with Crippen LogP contribution in [-0.4, -0.2) is 31.8 Å². The van der Waals surface area contributed by atoms with Crippen LogP contribution in [-0.2, 0) is 10.2 Å². The lowest BCUT2D eigenvalue weighted by Crippen LogP contribution is -2.32. The first-order valence-corrected chi connectivity index (χ1v) is 10.1. The highest BCUT2D eigenvalue weighted by molar-refractivity contribution is 7.99. The number of anilines is 1. The minimum absolute atomic E-state index is 0.000730. The number of nitrogens with one attached hydrogen (secondary N) is 1. The van der Waals surface area contributed by atoms with Crippen LogP contribution in [0, 0.1) is 15.5 Å². The van der Waals surface area contributed by atoms with Crippen molar-refractivity contribution < 1.29 is 9.72 Å². The van der Waals surface area contributed by atoms with Crippen molar-refractivity contribution in [2.45, 2.75) is 50.1 Å². The number of aromatic nitrogens is 3. The molecule has 0 spiro atoms. The molecular weight excluding hydrogens is 378 g/mol. The topological polar surface area (TPSA) is 111 Å². The first kappa shape index (κ1) is 18.8. The average Bonchev–Trinajstić information content (AvgIpc) is 2.99. The van der Waals surface area contributed by atoms with Crippen molar-refractivity contribution in [3.63, 3.8) is 0 Å². The summed E-state index contributed by atoms with van der Waals surface area (Å²) in [6.07, 6.45) is 2.22. The number of hydrogen-bond donors (Lipinski definition) is 1. The smallest absolute Gasteiger partial charge is 0.269 e. The van der Waals surface area contributed by atoms with Crippen LogP contribution in [0.15, 0.2) is 29.4 Å². The molecule has 1 amide bonds. The Morgan fingerprint density at radius 2 is 2.00 bits per heavy atom. The molecule has 2 atom stereocenters. The Balaban J connectivity index is 1.41. The fourth-order valence-corrected chi connectivity index (χ4v) is 5.00. The molecule has 1 aromatic carbocycles. The number of rotatable bonds is 5. The van der Waals surface area contributed by atoms with Crippen molar-refractivity contribution in [1.29, 1.82) is 0 Å². The van der Waals surface area contributed by atoms with Gasteiger partial charge in [-0.2, -0.15) is 5.10 Å². The zero-order valence-corrected chi connectivity index (χ0v) is 16.7. The SMILES string of the molecule is CC12CCC(c3nnc(SCC(=O)Nc4ccc([N+](=O)[O-])cc4)nc31)C2(C)C. The number of nitro benzene ring substituents is 1. The standard InChI is InChI=1S/C19H21N5O3S/c1-18(2)13-8-9-19(18,3)16-15(13)22-23-17(21-16)28-10-14(25)20-11-4-6-12(7-5-11)24(26)27/h4-7,13H,8-10H2,1-3H3,(H,20,25). The number of amides is 1. The predicted molar refractivity (Wildman–Crippen MR) is 105 cm³/mol. The molecule has 2 aliphatic carbocycles. The van der Waals surface area contributed by atoms with Gasteiger partial charge in [-0.1, -0.05) is 32.5 Å². The molecule has 28 heavy (non-hydrogen) atoms. The van der Waals surface area contributed by atoms with Gasteiger partial charge in [0, 0.05) is 29.2 Å². The average molecular weight is 399 g/mol. The lowest BCUT2D eigenvalue weighted by molar-refractivity contribution is -0.384. The van der Waals surface area contributed by atoms with Crippen LogP contribution in [0.25, 0.3) is 0 Å². The number of carbonyl (C=O) groups is 1. The van der Waals surface area contributed by atoms with E-state index in [1.165, 1.54) is 36.0 Å². The Morgan fingerprint density at radius 1 is 1.29 bits per heavy atom. The molecule has 1 saturated carbocycles. The minimum atomic E-state index is -0.478. The van der Waals surface area contributed by atoms with Gasteiger partial charge in [0.05, 0.1) is 22.1 Å². The molecule has 8 nitrogen and oxygen atoms in total. The number of non-ortho nitro benzene ring substituents is 1. The third kappa shape index (κ3) is 2.85. The summed E-state index contributed by atoms with van der Waals surface area (Å²) in [4.78, 5) is 27.1. The summed E-state index contributed by atoms with van der Waals surface area (Å²) in [5, 5.41) is 22.6. The number of benzene rings is 1. The van der Waals surface area contributed by atoms with Crippen molar-refractivity contribution in [3.05, 3.63) is 45.8 Å². The summed E-state index contributed by atoms with van der Waals surface area (Å²) in [5.74, 6) is 0.314. The van der Waals surface area contributed by atoms with E-state index in [2.05, 4.69) is 36.3 Å². The Hall–Kier alpha value is -2.55. The van der Waals surface area contributed by atoms with Crippen molar-refractivity contribution >= 4 is 29.0 Å². The Morgan fingerprint density at radius 3 is 2.68 bits per heavy atom.